The number of hydrogen-bond donors (Lipinski definition) is 1. The Bertz CT molecular complexity index is 1380. The van der Waals surface area contributed by atoms with E-state index in [9.17, 15) is 9.18 Å². The second-order valence-corrected chi connectivity index (χ2v) is 8.62. The highest BCUT2D eigenvalue weighted by molar-refractivity contribution is 5.85. The third kappa shape index (κ3) is 5.43. The summed E-state index contributed by atoms with van der Waals surface area (Å²) in [5.41, 5.74) is 4.29. The van der Waals surface area contributed by atoms with Crippen molar-refractivity contribution in [3.63, 3.8) is 0 Å². The Morgan fingerprint density at radius 2 is 1.94 bits per heavy atom. The molecule has 6 nitrogen and oxygen atoms in total. The molecule has 4 aromatic rings. The third-order valence-corrected chi connectivity index (χ3v) is 5.46. The van der Waals surface area contributed by atoms with Gasteiger partial charge < -0.3 is 19.4 Å². The standard InChI is InChI=1S/C19H20FN3O2.C8H8O/c1-12-5-4-6-13(9-12)18-21-15-10-14(20)11-16(17(15)19(24)22-18)25-8-7-23(2)3;1-6-4-7-2-3-8(6)9-5-7/h4-6,9-11H,7-8H2,1-3H3,(H,21,22,24);2-4H,5H2,1H3. The zero-order valence-corrected chi connectivity index (χ0v) is 19.8. The number of benzene rings is 3. The number of aromatic amines is 1. The van der Waals surface area contributed by atoms with Gasteiger partial charge >= 0.3 is 0 Å². The van der Waals surface area contributed by atoms with Gasteiger partial charge in [0.05, 0.1) is 5.52 Å². The van der Waals surface area contributed by atoms with Crippen LogP contribution in [0.1, 0.15) is 16.7 Å². The zero-order valence-electron chi connectivity index (χ0n) is 19.8. The molecule has 0 fully saturated rings. The Hall–Kier alpha value is -3.71. The maximum absolute atomic E-state index is 14.0. The van der Waals surface area contributed by atoms with Crippen molar-refractivity contribution in [2.45, 2.75) is 20.5 Å². The predicted molar refractivity (Wildman–Crippen MR) is 132 cm³/mol. The molecule has 0 atom stereocenters. The van der Waals surface area contributed by atoms with E-state index in [0.29, 0.717) is 19.0 Å². The van der Waals surface area contributed by atoms with Crippen LogP contribution in [0.15, 0.2) is 59.4 Å². The van der Waals surface area contributed by atoms with Gasteiger partial charge in [0.1, 0.15) is 41.7 Å². The van der Waals surface area contributed by atoms with E-state index in [0.717, 1.165) is 23.5 Å². The summed E-state index contributed by atoms with van der Waals surface area (Å²) < 4.78 is 24.9. The second kappa shape index (κ2) is 10.1. The van der Waals surface area contributed by atoms with Crippen molar-refractivity contribution in [2.75, 3.05) is 27.2 Å². The van der Waals surface area contributed by atoms with E-state index in [-0.39, 0.29) is 22.2 Å². The first-order valence-corrected chi connectivity index (χ1v) is 11.1. The molecule has 176 valence electrons. The molecule has 7 heteroatoms. The van der Waals surface area contributed by atoms with Gasteiger partial charge in [-0.1, -0.05) is 29.8 Å². The average molecular weight is 462 g/mol. The molecule has 3 aromatic carbocycles. The summed E-state index contributed by atoms with van der Waals surface area (Å²) in [5, 5.41) is 0.261. The van der Waals surface area contributed by atoms with Gasteiger partial charge in [-0.05, 0) is 57.3 Å². The first-order chi connectivity index (χ1) is 16.3. The maximum atomic E-state index is 14.0. The van der Waals surface area contributed by atoms with Gasteiger partial charge in [-0.2, -0.15) is 0 Å². The predicted octanol–water partition coefficient (Wildman–Crippen LogP) is 4.87. The van der Waals surface area contributed by atoms with Crippen LogP contribution in [0, 0.1) is 19.7 Å². The lowest BCUT2D eigenvalue weighted by atomic mass is 10.1. The summed E-state index contributed by atoms with van der Waals surface area (Å²) in [6.07, 6.45) is 0. The average Bonchev–Trinajstić information content (AvgIpc) is 2.79. The number of fused-ring (bicyclic) bond motifs is 4. The Labute approximate surface area is 198 Å². The summed E-state index contributed by atoms with van der Waals surface area (Å²) in [7, 11) is 3.82. The number of ether oxygens (including phenoxy) is 2. The lowest BCUT2D eigenvalue weighted by molar-refractivity contribution is 0.263. The van der Waals surface area contributed by atoms with Gasteiger partial charge in [0, 0.05) is 24.2 Å². The van der Waals surface area contributed by atoms with E-state index in [1.54, 1.807) is 0 Å². The fourth-order valence-electron chi connectivity index (χ4n) is 3.71. The molecule has 2 aliphatic heterocycles. The van der Waals surface area contributed by atoms with E-state index < -0.39 is 5.82 Å². The highest BCUT2D eigenvalue weighted by Crippen LogP contribution is 2.26. The SMILES string of the molecule is Cc1cc2ccc1OC2.Cc1cccc(-c2nc3cc(F)cc(OCCN(C)C)c3c(=O)[nH]2)c1. The molecule has 0 unspecified atom stereocenters. The lowest BCUT2D eigenvalue weighted by Crippen LogP contribution is -2.20. The number of nitrogens with zero attached hydrogens (tertiary/aromatic N) is 2. The van der Waals surface area contributed by atoms with E-state index in [1.165, 1.54) is 23.3 Å². The van der Waals surface area contributed by atoms with Gasteiger partial charge in [-0.3, -0.25) is 4.79 Å². The number of likely N-dealkylation sites (N-methyl/N-ethyl adjacent to an activating group) is 1. The normalized spacial score (nSPS) is 11.8. The fraction of sp³-hybridized carbons (Fsp3) is 0.259. The first-order valence-electron chi connectivity index (χ1n) is 11.1. The molecule has 6 rings (SSSR count). The van der Waals surface area contributed by atoms with E-state index >= 15 is 0 Å². The van der Waals surface area contributed by atoms with E-state index in [2.05, 4.69) is 29.0 Å². The van der Waals surface area contributed by atoms with Crippen molar-refractivity contribution < 1.29 is 13.9 Å². The summed E-state index contributed by atoms with van der Waals surface area (Å²) in [4.78, 5) is 21.7. The minimum absolute atomic E-state index is 0.210. The van der Waals surface area contributed by atoms with Gasteiger partial charge in [0.15, 0.2) is 0 Å². The van der Waals surface area contributed by atoms with Crippen molar-refractivity contribution in [3.05, 3.63) is 87.5 Å². The number of nitrogens with one attached hydrogen (secondary N) is 1. The van der Waals surface area contributed by atoms with E-state index in [1.807, 2.05) is 56.3 Å². The van der Waals surface area contributed by atoms with Crippen LogP contribution in [0.4, 0.5) is 4.39 Å². The molecule has 1 N–H and O–H groups in total. The number of H-pyrrole nitrogens is 1. The largest absolute Gasteiger partial charge is 0.491 e. The quantitative estimate of drug-likeness (QED) is 0.460. The Balaban J connectivity index is 0.000000252. The van der Waals surface area contributed by atoms with Gasteiger partial charge in [0.2, 0.25) is 0 Å². The number of halogens is 1. The molecular formula is C27H28FN3O3. The Kier molecular flexibility index (Phi) is 6.93. The van der Waals surface area contributed by atoms with Crippen LogP contribution in [-0.4, -0.2) is 42.1 Å². The molecule has 2 aliphatic rings. The minimum Gasteiger partial charge on any atom is -0.491 e. The Morgan fingerprint density at radius 3 is 2.53 bits per heavy atom. The topological polar surface area (TPSA) is 67.5 Å². The van der Waals surface area contributed by atoms with Crippen LogP contribution in [0.3, 0.4) is 0 Å². The van der Waals surface area contributed by atoms with Gasteiger partial charge in [0.25, 0.3) is 5.56 Å². The molecule has 0 amide bonds. The minimum atomic E-state index is -0.486. The van der Waals surface area contributed by atoms with E-state index in [4.69, 9.17) is 9.47 Å². The fourth-order valence-corrected chi connectivity index (χ4v) is 3.71. The maximum Gasteiger partial charge on any atom is 0.262 e. The van der Waals surface area contributed by atoms with Crippen molar-refractivity contribution in [1.29, 1.82) is 0 Å². The molecule has 0 aliphatic carbocycles. The number of aromatic nitrogens is 2. The molecule has 1 aromatic heterocycles. The van der Waals surface area contributed by atoms with Crippen LogP contribution < -0.4 is 15.0 Å². The monoisotopic (exact) mass is 461 g/mol. The summed E-state index contributed by atoms with van der Waals surface area (Å²) >= 11 is 0. The third-order valence-electron chi connectivity index (χ3n) is 5.46. The first kappa shape index (κ1) is 23.4. The van der Waals surface area contributed by atoms with Gasteiger partial charge in [-0.15, -0.1) is 0 Å². The number of aryl methyl sites for hydroxylation is 2. The molecule has 2 bridgehead atoms. The highest BCUT2D eigenvalue weighted by Gasteiger charge is 2.13. The molecule has 0 spiro atoms. The van der Waals surface area contributed by atoms with Crippen molar-refractivity contribution in [1.82, 2.24) is 14.9 Å². The number of hydrogen-bond acceptors (Lipinski definition) is 5. The van der Waals surface area contributed by atoms with Gasteiger partial charge in [-0.25, -0.2) is 9.37 Å². The molecular weight excluding hydrogens is 433 g/mol. The smallest absolute Gasteiger partial charge is 0.262 e. The number of rotatable bonds is 5. The van der Waals surface area contributed by atoms with Crippen LogP contribution in [0.25, 0.3) is 22.3 Å². The summed E-state index contributed by atoms with van der Waals surface area (Å²) in [6.45, 7) is 5.80. The van der Waals surface area contributed by atoms with Crippen molar-refractivity contribution in [2.24, 2.45) is 0 Å². The van der Waals surface area contributed by atoms with Crippen molar-refractivity contribution >= 4 is 10.9 Å². The second-order valence-electron chi connectivity index (χ2n) is 8.62. The zero-order chi connectivity index (χ0) is 24.2. The Morgan fingerprint density at radius 1 is 1.12 bits per heavy atom. The van der Waals surface area contributed by atoms with Crippen LogP contribution in [-0.2, 0) is 6.61 Å². The summed E-state index contributed by atoms with van der Waals surface area (Å²) in [5.74, 6) is 1.16. The van der Waals surface area contributed by atoms with Crippen molar-refractivity contribution in [3.8, 4) is 22.9 Å². The molecule has 0 radical (unpaired) electrons. The van der Waals surface area contributed by atoms with Crippen LogP contribution >= 0.6 is 0 Å². The van der Waals surface area contributed by atoms with Crippen LogP contribution in [0.2, 0.25) is 0 Å². The molecule has 34 heavy (non-hydrogen) atoms. The highest BCUT2D eigenvalue weighted by atomic mass is 19.1. The molecule has 0 saturated carbocycles. The summed E-state index contributed by atoms with van der Waals surface area (Å²) in [6, 6.07) is 16.4. The lowest BCUT2D eigenvalue weighted by Gasteiger charge is -2.16. The van der Waals surface area contributed by atoms with Crippen LogP contribution in [0.5, 0.6) is 11.5 Å². The molecule has 3 heterocycles. The molecule has 0 saturated heterocycles.